The van der Waals surface area contributed by atoms with Crippen molar-refractivity contribution in [3.8, 4) is 11.5 Å². The van der Waals surface area contributed by atoms with E-state index < -0.39 is 0 Å². The zero-order valence-corrected chi connectivity index (χ0v) is 21.9. The summed E-state index contributed by atoms with van der Waals surface area (Å²) in [4.78, 5) is 12.2. The fourth-order valence-corrected chi connectivity index (χ4v) is 3.83. The molecule has 0 saturated heterocycles. The summed E-state index contributed by atoms with van der Waals surface area (Å²) in [6.45, 7) is 2.81. The monoisotopic (exact) mass is 656 g/mol. The van der Waals surface area contributed by atoms with Crippen molar-refractivity contribution in [1.29, 1.82) is 0 Å². The second kappa shape index (κ2) is 11.6. The van der Waals surface area contributed by atoms with Gasteiger partial charge in [0, 0.05) is 13.6 Å². The van der Waals surface area contributed by atoms with Crippen LogP contribution in [0.15, 0.2) is 74.7 Å². The van der Waals surface area contributed by atoms with Crippen LogP contribution < -0.4 is 14.9 Å². The number of halogens is 3. The second-order valence-electron chi connectivity index (χ2n) is 6.38. The predicted molar refractivity (Wildman–Crippen MR) is 138 cm³/mol. The second-order valence-corrected chi connectivity index (χ2v) is 9.40. The summed E-state index contributed by atoms with van der Waals surface area (Å²) < 4.78 is 14.6. The standard InChI is InChI=1S/C23H19Br2IN2O3/c1-2-30-21-12-16(13-27-28-23(29)17-5-9-19(26)10-6-17)11-20(25)22(21)31-14-15-3-7-18(24)8-4-15/h3-13H,2,14H2,1H3,(H,28,29)/b27-13-. The molecule has 0 atom stereocenters. The number of hydrogen-bond donors (Lipinski definition) is 1. The van der Waals surface area contributed by atoms with Gasteiger partial charge in [-0.05, 0) is 105 Å². The molecule has 1 amide bonds. The average molecular weight is 658 g/mol. The Morgan fingerprint density at radius 3 is 2.45 bits per heavy atom. The fraction of sp³-hybridized carbons (Fsp3) is 0.130. The molecule has 0 unspecified atom stereocenters. The Kier molecular flexibility index (Phi) is 8.91. The highest BCUT2D eigenvalue weighted by Gasteiger charge is 2.12. The molecule has 0 heterocycles. The minimum absolute atomic E-state index is 0.272. The largest absolute Gasteiger partial charge is 0.490 e. The van der Waals surface area contributed by atoms with Gasteiger partial charge in [-0.25, -0.2) is 5.43 Å². The highest BCUT2D eigenvalue weighted by molar-refractivity contribution is 14.1. The number of nitrogens with zero attached hydrogens (tertiary/aromatic N) is 1. The molecule has 0 fully saturated rings. The summed E-state index contributed by atoms with van der Waals surface area (Å²) in [5.41, 5.74) is 4.89. The van der Waals surface area contributed by atoms with E-state index in [0.717, 1.165) is 23.6 Å². The molecule has 0 aliphatic heterocycles. The summed E-state index contributed by atoms with van der Waals surface area (Å²) in [6, 6.07) is 18.9. The fourth-order valence-electron chi connectivity index (χ4n) is 2.63. The van der Waals surface area contributed by atoms with E-state index in [2.05, 4.69) is 65.0 Å². The number of carbonyl (C=O) groups excluding carboxylic acids is 1. The number of carbonyl (C=O) groups is 1. The number of amides is 1. The third kappa shape index (κ3) is 7.05. The Morgan fingerprint density at radius 1 is 1.06 bits per heavy atom. The summed E-state index contributed by atoms with van der Waals surface area (Å²) in [6.07, 6.45) is 1.57. The highest BCUT2D eigenvalue weighted by Crippen LogP contribution is 2.37. The molecule has 0 aliphatic rings. The Bertz CT molecular complexity index is 1070. The van der Waals surface area contributed by atoms with E-state index in [1.807, 2.05) is 55.5 Å². The van der Waals surface area contributed by atoms with Gasteiger partial charge >= 0.3 is 0 Å². The minimum atomic E-state index is -0.272. The van der Waals surface area contributed by atoms with E-state index in [9.17, 15) is 4.79 Å². The lowest BCUT2D eigenvalue weighted by Crippen LogP contribution is -2.17. The van der Waals surface area contributed by atoms with E-state index in [-0.39, 0.29) is 5.91 Å². The van der Waals surface area contributed by atoms with Crippen molar-refractivity contribution >= 4 is 66.6 Å². The van der Waals surface area contributed by atoms with Crippen LogP contribution in [0.3, 0.4) is 0 Å². The number of nitrogens with one attached hydrogen (secondary N) is 1. The molecular formula is C23H19Br2IN2O3. The molecule has 3 aromatic rings. The van der Waals surface area contributed by atoms with Crippen LogP contribution in [-0.2, 0) is 6.61 Å². The van der Waals surface area contributed by atoms with Gasteiger partial charge < -0.3 is 9.47 Å². The normalized spacial score (nSPS) is 10.8. The third-order valence-electron chi connectivity index (χ3n) is 4.11. The molecule has 8 heteroatoms. The first-order chi connectivity index (χ1) is 15.0. The van der Waals surface area contributed by atoms with Gasteiger partial charge in [-0.1, -0.05) is 28.1 Å². The van der Waals surface area contributed by atoms with E-state index in [4.69, 9.17) is 9.47 Å². The molecular weight excluding hydrogens is 639 g/mol. The smallest absolute Gasteiger partial charge is 0.271 e. The van der Waals surface area contributed by atoms with Crippen LogP contribution in [-0.4, -0.2) is 18.7 Å². The van der Waals surface area contributed by atoms with Crippen molar-refractivity contribution in [2.24, 2.45) is 5.10 Å². The number of rotatable bonds is 8. The number of hydrazone groups is 1. The van der Waals surface area contributed by atoms with Gasteiger partial charge in [0.15, 0.2) is 11.5 Å². The lowest BCUT2D eigenvalue weighted by molar-refractivity contribution is 0.0955. The maximum Gasteiger partial charge on any atom is 0.271 e. The Morgan fingerprint density at radius 2 is 1.77 bits per heavy atom. The third-order valence-corrected chi connectivity index (χ3v) is 5.95. The Hall–Kier alpha value is -1.91. The van der Waals surface area contributed by atoms with Crippen molar-refractivity contribution in [1.82, 2.24) is 5.43 Å². The van der Waals surface area contributed by atoms with Crippen LogP contribution in [0.4, 0.5) is 0 Å². The molecule has 0 bridgehead atoms. The van der Waals surface area contributed by atoms with Crippen LogP contribution in [0.5, 0.6) is 11.5 Å². The van der Waals surface area contributed by atoms with Gasteiger partial charge in [0.25, 0.3) is 5.91 Å². The van der Waals surface area contributed by atoms with Crippen molar-refractivity contribution in [3.63, 3.8) is 0 Å². The first-order valence-corrected chi connectivity index (χ1v) is 12.0. The number of benzene rings is 3. The van der Waals surface area contributed by atoms with Crippen LogP contribution in [0.25, 0.3) is 0 Å². The lowest BCUT2D eigenvalue weighted by Gasteiger charge is -2.14. The summed E-state index contributed by atoms with van der Waals surface area (Å²) in [5, 5.41) is 4.07. The molecule has 160 valence electrons. The van der Waals surface area contributed by atoms with E-state index in [1.165, 1.54) is 0 Å². The maximum absolute atomic E-state index is 12.2. The van der Waals surface area contributed by atoms with Gasteiger partial charge in [-0.2, -0.15) is 5.10 Å². The molecule has 5 nitrogen and oxygen atoms in total. The Balaban J connectivity index is 1.71. The molecule has 0 aliphatic carbocycles. The summed E-state index contributed by atoms with van der Waals surface area (Å²) in [7, 11) is 0. The van der Waals surface area contributed by atoms with Crippen LogP contribution in [0.2, 0.25) is 0 Å². The molecule has 0 aromatic heterocycles. The number of hydrogen-bond acceptors (Lipinski definition) is 4. The van der Waals surface area contributed by atoms with Crippen LogP contribution in [0.1, 0.15) is 28.4 Å². The molecule has 0 radical (unpaired) electrons. The van der Waals surface area contributed by atoms with Crippen molar-refractivity contribution in [2.45, 2.75) is 13.5 Å². The first-order valence-electron chi connectivity index (χ1n) is 9.39. The predicted octanol–water partition coefficient (Wildman–Crippen LogP) is 6.56. The van der Waals surface area contributed by atoms with Gasteiger partial charge in [0.05, 0.1) is 17.3 Å². The SMILES string of the molecule is CCOc1cc(/C=N\NC(=O)c2ccc(I)cc2)cc(Br)c1OCc1ccc(Br)cc1. The molecule has 31 heavy (non-hydrogen) atoms. The molecule has 3 rings (SSSR count). The van der Waals surface area contributed by atoms with Crippen LogP contribution >= 0.6 is 54.5 Å². The minimum Gasteiger partial charge on any atom is -0.490 e. The summed E-state index contributed by atoms with van der Waals surface area (Å²) >= 11 is 9.18. The van der Waals surface area contributed by atoms with E-state index in [1.54, 1.807) is 18.3 Å². The van der Waals surface area contributed by atoms with Gasteiger partial charge in [-0.3, -0.25) is 4.79 Å². The average Bonchev–Trinajstić information content (AvgIpc) is 2.75. The van der Waals surface area contributed by atoms with Crippen LogP contribution in [0, 0.1) is 3.57 Å². The quantitative estimate of drug-likeness (QED) is 0.170. The van der Waals surface area contributed by atoms with Crippen molar-refractivity contribution in [3.05, 3.63) is 89.9 Å². The molecule has 3 aromatic carbocycles. The molecule has 0 spiro atoms. The van der Waals surface area contributed by atoms with Crippen molar-refractivity contribution in [2.75, 3.05) is 6.61 Å². The highest BCUT2D eigenvalue weighted by atomic mass is 127. The van der Waals surface area contributed by atoms with E-state index >= 15 is 0 Å². The lowest BCUT2D eigenvalue weighted by atomic mass is 10.2. The number of ether oxygens (including phenoxy) is 2. The summed E-state index contributed by atoms with van der Waals surface area (Å²) in [5.74, 6) is 0.940. The topological polar surface area (TPSA) is 59.9 Å². The van der Waals surface area contributed by atoms with Gasteiger partial charge in [-0.15, -0.1) is 0 Å². The Labute approximate surface area is 211 Å². The van der Waals surface area contributed by atoms with Gasteiger partial charge in [0.1, 0.15) is 6.61 Å². The maximum atomic E-state index is 12.2. The van der Waals surface area contributed by atoms with E-state index in [0.29, 0.717) is 30.3 Å². The van der Waals surface area contributed by atoms with Gasteiger partial charge in [0.2, 0.25) is 0 Å². The molecule has 0 saturated carbocycles. The van der Waals surface area contributed by atoms with Crippen molar-refractivity contribution < 1.29 is 14.3 Å². The zero-order valence-electron chi connectivity index (χ0n) is 16.6. The first kappa shape index (κ1) is 23.7. The molecule has 1 N–H and O–H groups in total. The zero-order chi connectivity index (χ0) is 22.2.